The van der Waals surface area contributed by atoms with Crippen molar-refractivity contribution in [3.63, 3.8) is 0 Å². The van der Waals surface area contributed by atoms with Crippen LogP contribution in [0.1, 0.15) is 10.4 Å². The summed E-state index contributed by atoms with van der Waals surface area (Å²) in [5.74, 6) is -0.483. The van der Waals surface area contributed by atoms with Gasteiger partial charge in [-0.3, -0.25) is 4.79 Å². The van der Waals surface area contributed by atoms with Crippen LogP contribution in [0.5, 0.6) is 0 Å². The summed E-state index contributed by atoms with van der Waals surface area (Å²) in [5.41, 5.74) is 5.72. The number of amides is 1. The first-order valence-electron chi connectivity index (χ1n) is 10.7. The molecule has 0 spiro atoms. The van der Waals surface area contributed by atoms with Crippen molar-refractivity contribution in [3.8, 4) is 22.4 Å². The van der Waals surface area contributed by atoms with E-state index in [1.807, 2.05) is 84.2 Å². The van der Waals surface area contributed by atoms with Gasteiger partial charge in [-0.25, -0.2) is 9.37 Å². The molecule has 34 heavy (non-hydrogen) atoms. The molecular weight excluding hydrogens is 445 g/mol. The van der Waals surface area contributed by atoms with E-state index in [0.717, 1.165) is 22.4 Å². The fourth-order valence-electron chi connectivity index (χ4n) is 3.56. The minimum Gasteiger partial charge on any atom is -0.331 e. The number of nitrogens with one attached hydrogen (secondary N) is 2. The van der Waals surface area contributed by atoms with E-state index < -0.39 is 0 Å². The van der Waals surface area contributed by atoms with Crippen molar-refractivity contribution in [2.75, 3.05) is 10.6 Å². The lowest BCUT2D eigenvalue weighted by Gasteiger charge is -2.08. The van der Waals surface area contributed by atoms with Crippen LogP contribution in [0, 0.1) is 5.82 Å². The molecule has 1 amide bonds. The standard InChI is InChI=1S/C28H20FN3OS/c29-23-9-5-11-25(17-23)31-28-32-26(18-34-28)22-8-4-10-24(16-22)30-27(33)21-14-12-20(13-15-21)19-6-2-1-3-7-19/h1-18H,(H,30,33)(H,31,32). The molecule has 166 valence electrons. The van der Waals surface area contributed by atoms with Gasteiger partial charge < -0.3 is 10.6 Å². The molecule has 5 rings (SSSR count). The Morgan fingerprint density at radius 2 is 1.44 bits per heavy atom. The van der Waals surface area contributed by atoms with Crippen molar-refractivity contribution in [1.82, 2.24) is 4.98 Å². The zero-order chi connectivity index (χ0) is 23.3. The van der Waals surface area contributed by atoms with E-state index in [1.165, 1.54) is 23.5 Å². The number of carbonyl (C=O) groups is 1. The molecule has 4 aromatic carbocycles. The summed E-state index contributed by atoms with van der Waals surface area (Å²) in [6.45, 7) is 0. The number of nitrogens with zero attached hydrogens (tertiary/aromatic N) is 1. The van der Waals surface area contributed by atoms with Crippen LogP contribution >= 0.6 is 11.3 Å². The Bertz CT molecular complexity index is 1430. The first kappa shape index (κ1) is 21.6. The smallest absolute Gasteiger partial charge is 0.255 e. The van der Waals surface area contributed by atoms with Crippen LogP contribution < -0.4 is 10.6 Å². The summed E-state index contributed by atoms with van der Waals surface area (Å²) >= 11 is 1.43. The highest BCUT2D eigenvalue weighted by molar-refractivity contribution is 7.14. The Balaban J connectivity index is 1.28. The van der Waals surface area contributed by atoms with Crippen LogP contribution in [0.2, 0.25) is 0 Å². The Morgan fingerprint density at radius 3 is 2.24 bits per heavy atom. The van der Waals surface area contributed by atoms with E-state index in [9.17, 15) is 9.18 Å². The molecule has 0 saturated heterocycles. The van der Waals surface area contributed by atoms with Gasteiger partial charge in [0.25, 0.3) is 5.91 Å². The van der Waals surface area contributed by atoms with Crippen LogP contribution in [0.25, 0.3) is 22.4 Å². The monoisotopic (exact) mass is 465 g/mol. The number of rotatable bonds is 6. The molecule has 0 aliphatic carbocycles. The van der Waals surface area contributed by atoms with Crippen molar-refractivity contribution in [2.45, 2.75) is 0 Å². The van der Waals surface area contributed by atoms with Gasteiger partial charge in [0, 0.05) is 27.9 Å². The predicted octanol–water partition coefficient (Wildman–Crippen LogP) is 7.61. The first-order valence-corrected chi connectivity index (χ1v) is 11.6. The molecule has 0 fully saturated rings. The molecule has 6 heteroatoms. The molecule has 1 heterocycles. The van der Waals surface area contributed by atoms with E-state index in [1.54, 1.807) is 12.1 Å². The lowest BCUT2D eigenvalue weighted by Crippen LogP contribution is -2.11. The van der Waals surface area contributed by atoms with Crippen molar-refractivity contribution in [2.24, 2.45) is 0 Å². The van der Waals surface area contributed by atoms with Gasteiger partial charge in [0.2, 0.25) is 0 Å². The Labute approximate surface area is 200 Å². The Hall–Kier alpha value is -4.29. The van der Waals surface area contributed by atoms with Crippen LogP contribution in [-0.4, -0.2) is 10.9 Å². The minimum atomic E-state index is -0.306. The predicted molar refractivity (Wildman–Crippen MR) is 137 cm³/mol. The van der Waals surface area contributed by atoms with Gasteiger partial charge in [-0.15, -0.1) is 11.3 Å². The molecule has 0 aliphatic rings. The maximum Gasteiger partial charge on any atom is 0.255 e. The second-order valence-electron chi connectivity index (χ2n) is 7.65. The van der Waals surface area contributed by atoms with Crippen molar-refractivity contribution in [3.05, 3.63) is 120 Å². The van der Waals surface area contributed by atoms with Crippen LogP contribution in [0.4, 0.5) is 20.9 Å². The quantitative estimate of drug-likeness (QED) is 0.271. The van der Waals surface area contributed by atoms with Gasteiger partial charge in [-0.2, -0.15) is 0 Å². The van der Waals surface area contributed by atoms with Crippen LogP contribution in [0.15, 0.2) is 109 Å². The Morgan fingerprint density at radius 1 is 0.735 bits per heavy atom. The first-order chi connectivity index (χ1) is 16.6. The van der Waals surface area contributed by atoms with E-state index in [4.69, 9.17) is 0 Å². The highest BCUT2D eigenvalue weighted by Crippen LogP contribution is 2.29. The normalized spacial score (nSPS) is 10.6. The summed E-state index contributed by atoms with van der Waals surface area (Å²) in [4.78, 5) is 17.4. The second kappa shape index (κ2) is 9.68. The fourth-order valence-corrected chi connectivity index (χ4v) is 4.30. The number of hydrogen-bond acceptors (Lipinski definition) is 4. The zero-order valence-corrected chi connectivity index (χ0v) is 18.9. The topological polar surface area (TPSA) is 54.0 Å². The van der Waals surface area contributed by atoms with Crippen molar-refractivity contribution >= 4 is 33.8 Å². The number of benzene rings is 4. The van der Waals surface area contributed by atoms with Gasteiger partial charge in [0.1, 0.15) is 5.82 Å². The minimum absolute atomic E-state index is 0.177. The van der Waals surface area contributed by atoms with E-state index in [-0.39, 0.29) is 11.7 Å². The number of carbonyl (C=O) groups excluding carboxylic acids is 1. The SMILES string of the molecule is O=C(Nc1cccc(-c2csc(Nc3cccc(F)c3)n2)c1)c1ccc(-c2ccccc2)cc1. The number of aromatic nitrogens is 1. The second-order valence-corrected chi connectivity index (χ2v) is 8.51. The Kier molecular flexibility index (Phi) is 6.14. The summed E-state index contributed by atoms with van der Waals surface area (Å²) in [7, 11) is 0. The van der Waals surface area contributed by atoms with E-state index >= 15 is 0 Å². The molecule has 0 bridgehead atoms. The average molecular weight is 466 g/mol. The average Bonchev–Trinajstić information content (AvgIpc) is 3.33. The highest BCUT2D eigenvalue weighted by atomic mass is 32.1. The molecule has 2 N–H and O–H groups in total. The third kappa shape index (κ3) is 5.03. The molecule has 4 nitrogen and oxygen atoms in total. The molecular formula is C28H20FN3OS. The highest BCUT2D eigenvalue weighted by Gasteiger charge is 2.10. The molecule has 0 saturated carbocycles. The van der Waals surface area contributed by atoms with Gasteiger partial charge in [0.15, 0.2) is 5.13 Å². The van der Waals surface area contributed by atoms with E-state index in [2.05, 4.69) is 15.6 Å². The summed E-state index contributed by atoms with van der Waals surface area (Å²) in [6.07, 6.45) is 0. The summed E-state index contributed by atoms with van der Waals surface area (Å²) in [5, 5.41) is 8.66. The zero-order valence-electron chi connectivity index (χ0n) is 18.0. The van der Waals surface area contributed by atoms with Crippen molar-refractivity contribution < 1.29 is 9.18 Å². The molecule has 0 atom stereocenters. The van der Waals surface area contributed by atoms with Crippen LogP contribution in [0.3, 0.4) is 0 Å². The third-order valence-electron chi connectivity index (χ3n) is 5.25. The third-order valence-corrected chi connectivity index (χ3v) is 6.01. The lowest BCUT2D eigenvalue weighted by molar-refractivity contribution is 0.102. The van der Waals surface area contributed by atoms with Crippen LogP contribution in [-0.2, 0) is 0 Å². The van der Waals surface area contributed by atoms with Gasteiger partial charge in [-0.05, 0) is 53.6 Å². The number of halogens is 1. The summed E-state index contributed by atoms with van der Waals surface area (Å²) in [6, 6.07) is 31.4. The van der Waals surface area contributed by atoms with Crippen molar-refractivity contribution in [1.29, 1.82) is 0 Å². The van der Waals surface area contributed by atoms with E-state index in [0.29, 0.717) is 22.1 Å². The lowest BCUT2D eigenvalue weighted by atomic mass is 10.0. The molecule has 0 radical (unpaired) electrons. The number of thiazole rings is 1. The molecule has 1 aromatic heterocycles. The number of hydrogen-bond donors (Lipinski definition) is 2. The fraction of sp³-hybridized carbons (Fsp3) is 0. The molecule has 0 unspecified atom stereocenters. The largest absolute Gasteiger partial charge is 0.331 e. The maximum absolute atomic E-state index is 13.4. The molecule has 0 aliphatic heterocycles. The maximum atomic E-state index is 13.4. The van der Waals surface area contributed by atoms with Gasteiger partial charge in [0.05, 0.1) is 5.69 Å². The summed E-state index contributed by atoms with van der Waals surface area (Å²) < 4.78 is 13.4. The molecule has 5 aromatic rings. The van der Waals surface area contributed by atoms with Gasteiger partial charge >= 0.3 is 0 Å². The number of anilines is 3. The van der Waals surface area contributed by atoms with Gasteiger partial charge in [-0.1, -0.05) is 60.7 Å².